The molecule has 1 saturated heterocycles. The summed E-state index contributed by atoms with van der Waals surface area (Å²) in [6, 6.07) is 4.19. The van der Waals surface area contributed by atoms with Gasteiger partial charge in [-0.1, -0.05) is 6.92 Å². The Balaban J connectivity index is 1.83. The molecule has 0 aliphatic carbocycles. The fourth-order valence-corrected chi connectivity index (χ4v) is 2.58. The maximum absolute atomic E-state index is 13.1. The third kappa shape index (κ3) is 4.18. The first-order chi connectivity index (χ1) is 8.97. The Bertz CT molecular complexity index is 408. The van der Waals surface area contributed by atoms with Crippen molar-refractivity contribution in [3.05, 3.63) is 29.6 Å². The molecule has 1 heterocycles. The van der Waals surface area contributed by atoms with E-state index in [2.05, 4.69) is 24.2 Å². The highest BCUT2D eigenvalue weighted by atomic mass is 19.1. The molecule has 0 saturated carbocycles. The van der Waals surface area contributed by atoms with Gasteiger partial charge in [0, 0.05) is 19.2 Å². The lowest BCUT2D eigenvalue weighted by molar-refractivity contribution is 0.137. The number of halogens is 1. The topological polar surface area (TPSA) is 35.5 Å². The lowest BCUT2D eigenvalue weighted by Gasteiger charge is -2.38. The van der Waals surface area contributed by atoms with Crippen LogP contribution in [0.3, 0.4) is 0 Å². The molecular formula is C15H23FN2O. The molecule has 3 nitrogen and oxygen atoms in total. The highest BCUT2D eigenvalue weighted by Crippen LogP contribution is 2.29. The van der Waals surface area contributed by atoms with E-state index in [0.29, 0.717) is 12.0 Å². The number of piperidine rings is 1. The van der Waals surface area contributed by atoms with Crippen LogP contribution in [0.1, 0.15) is 25.3 Å². The van der Waals surface area contributed by atoms with E-state index < -0.39 is 0 Å². The van der Waals surface area contributed by atoms with Crippen molar-refractivity contribution < 1.29 is 9.50 Å². The van der Waals surface area contributed by atoms with E-state index in [-0.39, 0.29) is 11.6 Å². The summed E-state index contributed by atoms with van der Waals surface area (Å²) in [5, 5.41) is 12.7. The van der Waals surface area contributed by atoms with E-state index in [1.54, 1.807) is 6.07 Å². The van der Waals surface area contributed by atoms with Gasteiger partial charge in [-0.15, -0.1) is 0 Å². The Labute approximate surface area is 114 Å². The van der Waals surface area contributed by atoms with Crippen LogP contribution in [0.25, 0.3) is 0 Å². The number of hydrogen-bond donors (Lipinski definition) is 2. The standard InChI is InChI=1S/C15H23FN2O/c1-15(3-5-18(2)6-4-15)11-17-10-12-7-13(16)9-14(19)8-12/h7-9,17,19H,3-6,10-11H2,1-2H3. The van der Waals surface area contributed by atoms with Gasteiger partial charge >= 0.3 is 0 Å². The number of benzene rings is 1. The maximum Gasteiger partial charge on any atom is 0.127 e. The smallest absolute Gasteiger partial charge is 0.127 e. The Morgan fingerprint density at radius 2 is 2.00 bits per heavy atom. The summed E-state index contributed by atoms with van der Waals surface area (Å²) < 4.78 is 13.1. The minimum Gasteiger partial charge on any atom is -0.508 e. The van der Waals surface area contributed by atoms with E-state index in [9.17, 15) is 9.50 Å². The van der Waals surface area contributed by atoms with Crippen LogP contribution in [-0.4, -0.2) is 36.7 Å². The summed E-state index contributed by atoms with van der Waals surface area (Å²) in [6.07, 6.45) is 2.37. The van der Waals surface area contributed by atoms with E-state index >= 15 is 0 Å². The van der Waals surface area contributed by atoms with E-state index in [4.69, 9.17) is 0 Å². The highest BCUT2D eigenvalue weighted by Gasteiger charge is 2.28. The number of rotatable bonds is 4. The van der Waals surface area contributed by atoms with Crippen LogP contribution in [-0.2, 0) is 6.54 Å². The molecular weight excluding hydrogens is 243 g/mol. The van der Waals surface area contributed by atoms with Crippen LogP contribution < -0.4 is 5.32 Å². The second kappa shape index (κ2) is 5.88. The zero-order chi connectivity index (χ0) is 13.9. The Hall–Kier alpha value is -1.13. The van der Waals surface area contributed by atoms with Crippen LogP contribution in [0.4, 0.5) is 4.39 Å². The largest absolute Gasteiger partial charge is 0.508 e. The van der Waals surface area contributed by atoms with Crippen molar-refractivity contribution in [2.75, 3.05) is 26.7 Å². The average molecular weight is 266 g/mol. The number of nitrogens with zero attached hydrogens (tertiary/aromatic N) is 1. The highest BCUT2D eigenvalue weighted by molar-refractivity contribution is 5.28. The van der Waals surface area contributed by atoms with E-state index in [1.165, 1.54) is 18.9 Å². The third-order valence-corrected chi connectivity index (χ3v) is 4.02. The Morgan fingerprint density at radius 1 is 1.32 bits per heavy atom. The first kappa shape index (κ1) is 14.3. The predicted molar refractivity (Wildman–Crippen MR) is 74.6 cm³/mol. The minimum atomic E-state index is -0.387. The van der Waals surface area contributed by atoms with Gasteiger partial charge < -0.3 is 15.3 Å². The van der Waals surface area contributed by atoms with Crippen LogP contribution in [0.15, 0.2) is 18.2 Å². The van der Waals surface area contributed by atoms with Gasteiger partial charge in [0.05, 0.1) is 0 Å². The average Bonchev–Trinajstić information content (AvgIpc) is 2.32. The summed E-state index contributed by atoms with van der Waals surface area (Å²) in [5.41, 5.74) is 1.11. The van der Waals surface area contributed by atoms with Crippen molar-refractivity contribution in [3.8, 4) is 5.75 Å². The molecule has 1 aromatic rings. The Morgan fingerprint density at radius 3 is 2.63 bits per heavy atom. The number of nitrogens with one attached hydrogen (secondary N) is 1. The van der Waals surface area contributed by atoms with Crippen LogP contribution in [0.2, 0.25) is 0 Å². The molecule has 0 unspecified atom stereocenters. The number of aromatic hydroxyl groups is 1. The molecule has 0 spiro atoms. The third-order valence-electron chi connectivity index (χ3n) is 4.02. The first-order valence-corrected chi connectivity index (χ1v) is 6.85. The molecule has 1 aliphatic rings. The lowest BCUT2D eigenvalue weighted by atomic mass is 9.80. The van der Waals surface area contributed by atoms with Gasteiger partial charge in [-0.2, -0.15) is 0 Å². The fraction of sp³-hybridized carbons (Fsp3) is 0.600. The van der Waals surface area contributed by atoms with E-state index in [0.717, 1.165) is 31.3 Å². The lowest BCUT2D eigenvalue weighted by Crippen LogP contribution is -2.41. The van der Waals surface area contributed by atoms with Crippen molar-refractivity contribution in [2.24, 2.45) is 5.41 Å². The molecule has 1 aromatic carbocycles. The van der Waals surface area contributed by atoms with Gasteiger partial charge in [-0.25, -0.2) is 4.39 Å². The summed E-state index contributed by atoms with van der Waals surface area (Å²) in [7, 11) is 2.16. The van der Waals surface area contributed by atoms with Gasteiger partial charge in [-0.3, -0.25) is 0 Å². The normalized spacial score (nSPS) is 19.5. The molecule has 0 radical (unpaired) electrons. The molecule has 0 atom stereocenters. The van der Waals surface area contributed by atoms with Crippen molar-refractivity contribution in [2.45, 2.75) is 26.3 Å². The van der Waals surface area contributed by atoms with Gasteiger partial charge in [0.1, 0.15) is 11.6 Å². The SMILES string of the molecule is CN1CCC(C)(CNCc2cc(O)cc(F)c2)CC1. The summed E-state index contributed by atoms with van der Waals surface area (Å²) in [4.78, 5) is 2.35. The molecule has 0 bridgehead atoms. The molecule has 0 amide bonds. The minimum absolute atomic E-state index is 0.0118. The number of hydrogen-bond acceptors (Lipinski definition) is 3. The molecule has 4 heteroatoms. The number of likely N-dealkylation sites (tertiary alicyclic amines) is 1. The van der Waals surface area contributed by atoms with Crippen LogP contribution in [0, 0.1) is 11.2 Å². The first-order valence-electron chi connectivity index (χ1n) is 6.85. The zero-order valence-corrected chi connectivity index (χ0v) is 11.7. The second-order valence-electron chi connectivity index (χ2n) is 6.04. The van der Waals surface area contributed by atoms with Crippen LogP contribution in [0.5, 0.6) is 5.75 Å². The fourth-order valence-electron chi connectivity index (χ4n) is 2.58. The summed E-state index contributed by atoms with van der Waals surface area (Å²) in [6.45, 7) is 6.10. The summed E-state index contributed by atoms with van der Waals surface area (Å²) in [5.74, 6) is -0.399. The molecule has 106 valence electrons. The van der Waals surface area contributed by atoms with Crippen molar-refractivity contribution in [1.29, 1.82) is 0 Å². The molecule has 1 aliphatic heterocycles. The van der Waals surface area contributed by atoms with Crippen LogP contribution >= 0.6 is 0 Å². The number of phenols is 1. The molecule has 19 heavy (non-hydrogen) atoms. The molecule has 1 fully saturated rings. The zero-order valence-electron chi connectivity index (χ0n) is 11.7. The van der Waals surface area contributed by atoms with Crippen molar-refractivity contribution in [1.82, 2.24) is 10.2 Å². The molecule has 0 aromatic heterocycles. The monoisotopic (exact) mass is 266 g/mol. The maximum atomic E-state index is 13.1. The predicted octanol–water partition coefficient (Wildman–Crippen LogP) is 2.35. The van der Waals surface area contributed by atoms with Crippen molar-refractivity contribution in [3.63, 3.8) is 0 Å². The van der Waals surface area contributed by atoms with Gasteiger partial charge in [-0.05, 0) is 56.1 Å². The number of phenolic OH excluding ortho intramolecular Hbond substituents is 1. The Kier molecular flexibility index (Phi) is 4.42. The van der Waals surface area contributed by atoms with Gasteiger partial charge in [0.25, 0.3) is 0 Å². The summed E-state index contributed by atoms with van der Waals surface area (Å²) >= 11 is 0. The van der Waals surface area contributed by atoms with Gasteiger partial charge in [0.15, 0.2) is 0 Å². The quantitative estimate of drug-likeness (QED) is 0.878. The molecule has 2 N–H and O–H groups in total. The van der Waals surface area contributed by atoms with Gasteiger partial charge in [0.2, 0.25) is 0 Å². The second-order valence-corrected chi connectivity index (χ2v) is 6.04. The molecule has 2 rings (SSSR count). The van der Waals surface area contributed by atoms with Crippen molar-refractivity contribution >= 4 is 0 Å². The van der Waals surface area contributed by atoms with E-state index in [1.807, 2.05) is 0 Å².